The van der Waals surface area contributed by atoms with Gasteiger partial charge in [0.25, 0.3) is 5.91 Å². The molecule has 212 valence electrons. The minimum absolute atomic E-state index is 0.0993. The maximum absolute atomic E-state index is 14.3. The second kappa shape index (κ2) is 12.5. The summed E-state index contributed by atoms with van der Waals surface area (Å²) in [6.45, 7) is 13.2. The summed E-state index contributed by atoms with van der Waals surface area (Å²) in [4.78, 5) is 42.7. The molecule has 3 rings (SSSR count). The van der Waals surface area contributed by atoms with Gasteiger partial charge in [-0.05, 0) is 94.3 Å². The predicted molar refractivity (Wildman–Crippen MR) is 153 cm³/mol. The monoisotopic (exact) mass is 537 g/mol. The van der Waals surface area contributed by atoms with Gasteiger partial charge >= 0.3 is 6.09 Å². The summed E-state index contributed by atoms with van der Waals surface area (Å²) in [6.07, 6.45) is 1.60. The highest BCUT2D eigenvalue weighted by atomic mass is 16.6. The molecule has 1 fully saturated rings. The van der Waals surface area contributed by atoms with E-state index in [1.165, 1.54) is 0 Å². The van der Waals surface area contributed by atoms with Gasteiger partial charge in [0.2, 0.25) is 5.91 Å². The molecular weight excluding hydrogens is 494 g/mol. The zero-order valence-corrected chi connectivity index (χ0v) is 24.5. The van der Waals surface area contributed by atoms with Crippen molar-refractivity contribution in [1.82, 2.24) is 10.2 Å². The topological polar surface area (TPSA) is 97.0 Å². The molecule has 1 saturated carbocycles. The maximum atomic E-state index is 14.3. The quantitative estimate of drug-likeness (QED) is 0.392. The van der Waals surface area contributed by atoms with Crippen LogP contribution in [0.25, 0.3) is 0 Å². The first-order valence-corrected chi connectivity index (χ1v) is 13.7. The van der Waals surface area contributed by atoms with Gasteiger partial charge in [-0.3, -0.25) is 9.59 Å². The smallest absolute Gasteiger partial charge is 0.408 e. The second-order valence-corrected chi connectivity index (χ2v) is 11.5. The molecule has 39 heavy (non-hydrogen) atoms. The summed E-state index contributed by atoms with van der Waals surface area (Å²) in [6, 6.07) is 11.1. The summed E-state index contributed by atoms with van der Waals surface area (Å²) in [7, 11) is 1.58. The number of anilines is 1. The molecule has 0 heterocycles. The lowest BCUT2D eigenvalue weighted by molar-refractivity contribution is -0.142. The first-order chi connectivity index (χ1) is 18.3. The van der Waals surface area contributed by atoms with Crippen LogP contribution in [0.15, 0.2) is 42.5 Å². The first kappa shape index (κ1) is 30.0. The molecule has 2 N–H and O–H groups in total. The molecule has 1 aliphatic carbocycles. The van der Waals surface area contributed by atoms with Crippen molar-refractivity contribution >= 4 is 23.6 Å². The highest BCUT2D eigenvalue weighted by molar-refractivity contribution is 5.99. The van der Waals surface area contributed by atoms with Crippen LogP contribution < -0.4 is 15.4 Å². The van der Waals surface area contributed by atoms with Crippen LogP contribution in [0.2, 0.25) is 0 Å². The summed E-state index contributed by atoms with van der Waals surface area (Å²) < 4.78 is 10.7. The third-order valence-electron chi connectivity index (χ3n) is 7.08. The molecule has 1 aliphatic rings. The number of carbonyl (C=O) groups excluding carboxylic acids is 3. The van der Waals surface area contributed by atoms with Crippen molar-refractivity contribution in [2.75, 3.05) is 12.4 Å². The van der Waals surface area contributed by atoms with Crippen LogP contribution in [0, 0.1) is 19.8 Å². The van der Waals surface area contributed by atoms with Crippen LogP contribution in [-0.2, 0) is 14.3 Å². The first-order valence-electron chi connectivity index (χ1n) is 13.7. The molecule has 0 spiro atoms. The Hall–Kier alpha value is -3.55. The van der Waals surface area contributed by atoms with Crippen LogP contribution in [-0.4, -0.2) is 47.6 Å². The lowest BCUT2D eigenvalue weighted by Crippen LogP contribution is -2.55. The fourth-order valence-electron chi connectivity index (χ4n) is 4.41. The molecule has 0 aliphatic heterocycles. The van der Waals surface area contributed by atoms with E-state index in [0.717, 1.165) is 29.5 Å². The number of nitrogens with zero attached hydrogens (tertiary/aromatic N) is 1. The van der Waals surface area contributed by atoms with Gasteiger partial charge in [-0.15, -0.1) is 0 Å². The van der Waals surface area contributed by atoms with Gasteiger partial charge in [-0.2, -0.15) is 0 Å². The highest BCUT2D eigenvalue weighted by Crippen LogP contribution is 2.37. The number of ether oxygens (including phenoxy) is 2. The Balaban J connectivity index is 2.01. The van der Waals surface area contributed by atoms with Gasteiger partial charge in [-0.25, -0.2) is 4.79 Å². The third-order valence-corrected chi connectivity index (χ3v) is 7.08. The average molecular weight is 538 g/mol. The zero-order chi connectivity index (χ0) is 28.9. The molecule has 0 aromatic heterocycles. The fraction of sp³-hybridized carbons (Fsp3) is 0.516. The Morgan fingerprint density at radius 1 is 1.03 bits per heavy atom. The van der Waals surface area contributed by atoms with Gasteiger partial charge < -0.3 is 25.0 Å². The number of methoxy groups -OCH3 is 1. The highest BCUT2D eigenvalue weighted by Gasteiger charge is 2.45. The number of hydrogen-bond donors (Lipinski definition) is 2. The molecule has 8 nitrogen and oxygen atoms in total. The molecule has 2 aromatic carbocycles. The van der Waals surface area contributed by atoms with E-state index in [1.807, 2.05) is 45.9 Å². The molecule has 3 unspecified atom stereocenters. The average Bonchev–Trinajstić information content (AvgIpc) is 3.71. The van der Waals surface area contributed by atoms with Crippen molar-refractivity contribution in [2.45, 2.75) is 91.5 Å². The minimum Gasteiger partial charge on any atom is -0.497 e. The van der Waals surface area contributed by atoms with E-state index in [9.17, 15) is 14.4 Å². The summed E-state index contributed by atoms with van der Waals surface area (Å²) >= 11 is 0. The van der Waals surface area contributed by atoms with Crippen molar-refractivity contribution in [1.29, 1.82) is 0 Å². The van der Waals surface area contributed by atoms with E-state index in [0.29, 0.717) is 17.9 Å². The normalized spacial score (nSPS) is 15.5. The Morgan fingerprint density at radius 2 is 1.67 bits per heavy atom. The van der Waals surface area contributed by atoms with Gasteiger partial charge in [0.15, 0.2) is 0 Å². The van der Waals surface area contributed by atoms with Crippen LogP contribution in [0.5, 0.6) is 5.75 Å². The Bertz CT molecular complexity index is 1170. The summed E-state index contributed by atoms with van der Waals surface area (Å²) in [5.74, 6) is -0.0934. The lowest BCUT2D eigenvalue weighted by atomic mass is 9.94. The van der Waals surface area contributed by atoms with Crippen LogP contribution in [0.4, 0.5) is 10.5 Å². The van der Waals surface area contributed by atoms with E-state index >= 15 is 0 Å². The maximum Gasteiger partial charge on any atom is 0.408 e. The van der Waals surface area contributed by atoms with E-state index in [1.54, 1.807) is 57.0 Å². The Labute approximate surface area is 232 Å². The number of rotatable bonds is 10. The molecule has 0 saturated heterocycles. The van der Waals surface area contributed by atoms with Gasteiger partial charge in [0.1, 0.15) is 23.4 Å². The largest absolute Gasteiger partial charge is 0.497 e. The van der Waals surface area contributed by atoms with Crippen molar-refractivity contribution in [3.05, 3.63) is 59.2 Å². The van der Waals surface area contributed by atoms with Crippen LogP contribution in [0.1, 0.15) is 76.6 Å². The Kier molecular flexibility index (Phi) is 9.64. The second-order valence-electron chi connectivity index (χ2n) is 11.5. The van der Waals surface area contributed by atoms with Gasteiger partial charge in [0, 0.05) is 11.7 Å². The number of carbonyl (C=O) groups is 3. The molecule has 0 bridgehead atoms. The molecule has 3 atom stereocenters. The summed E-state index contributed by atoms with van der Waals surface area (Å²) in [5.41, 5.74) is 2.75. The number of aryl methyl sites for hydroxylation is 2. The molecule has 0 radical (unpaired) electrons. The number of amides is 3. The molecule has 3 amide bonds. The standard InChI is InChI=1S/C31H43N3O5/c1-9-19(2)26(33-30(37)39-31(5,6)7)29(36)34(24-14-15-24)27(22-11-10-20(3)21(4)18-22)28(35)32-23-12-16-25(38-8)17-13-23/h10-13,16-19,24,26-27H,9,14-15H2,1-8H3,(H,32,35)(H,33,37). The van der Waals surface area contributed by atoms with E-state index in [2.05, 4.69) is 10.6 Å². The van der Waals surface area contributed by atoms with Crippen molar-refractivity contribution in [2.24, 2.45) is 5.92 Å². The minimum atomic E-state index is -0.876. The molecular formula is C31H43N3O5. The van der Waals surface area contributed by atoms with Crippen molar-refractivity contribution in [3.63, 3.8) is 0 Å². The van der Waals surface area contributed by atoms with Crippen LogP contribution >= 0.6 is 0 Å². The van der Waals surface area contributed by atoms with Crippen molar-refractivity contribution < 1.29 is 23.9 Å². The molecule has 8 heteroatoms. The van der Waals surface area contributed by atoms with E-state index in [-0.39, 0.29) is 23.8 Å². The van der Waals surface area contributed by atoms with E-state index in [4.69, 9.17) is 9.47 Å². The summed E-state index contributed by atoms with van der Waals surface area (Å²) in [5, 5.41) is 5.81. The molecule has 2 aromatic rings. The zero-order valence-electron chi connectivity index (χ0n) is 24.5. The van der Waals surface area contributed by atoms with Gasteiger partial charge in [-0.1, -0.05) is 38.5 Å². The number of alkyl carbamates (subject to hydrolysis) is 1. The van der Waals surface area contributed by atoms with Gasteiger partial charge in [0.05, 0.1) is 7.11 Å². The number of nitrogens with one attached hydrogen (secondary N) is 2. The lowest BCUT2D eigenvalue weighted by Gasteiger charge is -2.36. The third kappa shape index (κ3) is 7.97. The Morgan fingerprint density at radius 3 is 2.18 bits per heavy atom. The van der Waals surface area contributed by atoms with Crippen LogP contribution in [0.3, 0.4) is 0 Å². The fourth-order valence-corrected chi connectivity index (χ4v) is 4.41. The van der Waals surface area contributed by atoms with E-state index < -0.39 is 23.8 Å². The SMILES string of the molecule is CCC(C)C(NC(=O)OC(C)(C)C)C(=O)N(C1CC1)C(C(=O)Nc1ccc(OC)cc1)c1ccc(C)c(C)c1. The predicted octanol–water partition coefficient (Wildman–Crippen LogP) is 5.92. The van der Waals surface area contributed by atoms with Crippen molar-refractivity contribution in [3.8, 4) is 5.75 Å². The number of hydrogen-bond acceptors (Lipinski definition) is 5. The number of benzene rings is 2.